The monoisotopic (exact) mass is 565 g/mol. The molecule has 10 nitrogen and oxygen atoms in total. The van der Waals surface area contributed by atoms with Crippen LogP contribution in [-0.2, 0) is 4.79 Å². The van der Waals surface area contributed by atoms with Crippen molar-refractivity contribution in [3.8, 4) is 34.2 Å². The highest BCUT2D eigenvalue weighted by Gasteiger charge is 2.33. The smallest absolute Gasteiger partial charge is 0.299 e. The number of pyridine rings is 1. The first kappa shape index (κ1) is 28.0. The molecule has 0 saturated carbocycles. The van der Waals surface area contributed by atoms with Crippen LogP contribution in [0.5, 0.6) is 0 Å². The van der Waals surface area contributed by atoms with Crippen LogP contribution in [-0.4, -0.2) is 43.8 Å². The molecule has 3 heterocycles. The van der Waals surface area contributed by atoms with Gasteiger partial charge >= 0.3 is 0 Å². The normalized spacial score (nSPS) is 14.5. The molecule has 2 aromatic heterocycles. The molecule has 5 rings (SSSR count). The van der Waals surface area contributed by atoms with Gasteiger partial charge in [-0.3, -0.25) is 14.4 Å². The van der Waals surface area contributed by atoms with Crippen molar-refractivity contribution in [2.24, 2.45) is 5.73 Å². The minimum absolute atomic E-state index is 0.0106. The summed E-state index contributed by atoms with van der Waals surface area (Å²) in [6.45, 7) is 2.09. The second-order valence-corrected chi connectivity index (χ2v) is 9.75. The van der Waals surface area contributed by atoms with Gasteiger partial charge in [-0.25, -0.2) is 19.0 Å². The lowest BCUT2D eigenvalue weighted by atomic mass is 10.0. The van der Waals surface area contributed by atoms with Crippen LogP contribution in [0.3, 0.4) is 0 Å². The third kappa shape index (κ3) is 5.69. The number of anilines is 1. The summed E-state index contributed by atoms with van der Waals surface area (Å²) in [6, 6.07) is 15.5. The molecule has 1 aliphatic rings. The molecule has 1 saturated heterocycles. The first-order chi connectivity index (χ1) is 20.3. The van der Waals surface area contributed by atoms with Crippen LogP contribution in [0.2, 0.25) is 0 Å². The van der Waals surface area contributed by atoms with E-state index in [1.165, 1.54) is 12.1 Å². The molecule has 1 aliphatic heterocycles. The topological polar surface area (TPSA) is 149 Å². The Morgan fingerprint density at radius 3 is 2.40 bits per heavy atom. The molecule has 11 heteroatoms. The summed E-state index contributed by atoms with van der Waals surface area (Å²) in [6.07, 6.45) is 3.84. The number of nitrogens with zero attached hydrogens (tertiary/aromatic N) is 4. The SMILES string of the molecule is CC#CC(=O)N1CCCCC1c1nc(-c2ccc(C(=O)Nc3cc(-c4ccc(F)cc4)ccn3)cc2)c(C(N)=O)n1N. The summed E-state index contributed by atoms with van der Waals surface area (Å²) in [5.41, 5.74) is 8.33. The largest absolute Gasteiger partial charge is 0.364 e. The van der Waals surface area contributed by atoms with Crippen molar-refractivity contribution in [1.82, 2.24) is 19.5 Å². The number of likely N-dealkylation sites (tertiary alicyclic amines) is 1. The Labute approximate surface area is 241 Å². The van der Waals surface area contributed by atoms with E-state index in [2.05, 4.69) is 27.1 Å². The Morgan fingerprint density at radius 1 is 1.00 bits per heavy atom. The third-order valence-corrected chi connectivity index (χ3v) is 7.07. The average molecular weight is 566 g/mol. The fourth-order valence-electron chi connectivity index (χ4n) is 5.03. The maximum absolute atomic E-state index is 13.3. The summed E-state index contributed by atoms with van der Waals surface area (Å²) >= 11 is 0. The molecule has 212 valence electrons. The van der Waals surface area contributed by atoms with E-state index < -0.39 is 17.9 Å². The predicted octanol–water partition coefficient (Wildman–Crippen LogP) is 3.89. The Bertz CT molecular complexity index is 1720. The number of hydrogen-bond acceptors (Lipinski definition) is 6. The second-order valence-electron chi connectivity index (χ2n) is 9.75. The van der Waals surface area contributed by atoms with Crippen molar-refractivity contribution in [3.05, 3.63) is 89.8 Å². The number of nitrogens with one attached hydrogen (secondary N) is 1. The van der Waals surface area contributed by atoms with Gasteiger partial charge in [-0.2, -0.15) is 0 Å². The Hall–Kier alpha value is -5.50. The molecule has 0 radical (unpaired) electrons. The third-order valence-electron chi connectivity index (χ3n) is 7.07. The van der Waals surface area contributed by atoms with E-state index in [0.717, 1.165) is 28.6 Å². The van der Waals surface area contributed by atoms with Crippen LogP contribution in [0, 0.1) is 17.7 Å². The van der Waals surface area contributed by atoms with Gasteiger partial charge in [0.1, 0.15) is 17.3 Å². The van der Waals surface area contributed by atoms with Crippen molar-refractivity contribution in [1.29, 1.82) is 0 Å². The summed E-state index contributed by atoms with van der Waals surface area (Å²) < 4.78 is 14.4. The second kappa shape index (κ2) is 11.9. The van der Waals surface area contributed by atoms with Gasteiger partial charge in [0.05, 0.1) is 6.04 Å². The van der Waals surface area contributed by atoms with Crippen LogP contribution >= 0.6 is 0 Å². The minimum Gasteiger partial charge on any atom is -0.364 e. The fourth-order valence-corrected chi connectivity index (χ4v) is 5.03. The number of benzene rings is 2. The Kier molecular flexibility index (Phi) is 7.97. The Balaban J connectivity index is 1.39. The summed E-state index contributed by atoms with van der Waals surface area (Å²) in [7, 11) is 0. The van der Waals surface area contributed by atoms with E-state index in [0.29, 0.717) is 35.7 Å². The standard InChI is InChI=1S/C31H28FN7O3/c1-2-5-26(40)38-17-4-3-6-24(38)30-37-27(28(29(33)41)39(30)34)20-7-9-21(10-8-20)31(42)36-25-18-22(15-16-35-25)19-11-13-23(32)14-12-19/h7-16,18,24H,3-4,6,17,34H2,1H3,(H2,33,41)(H,35,36,42). The summed E-state index contributed by atoms with van der Waals surface area (Å²) in [5.74, 6) is 10.3. The molecule has 5 N–H and O–H groups in total. The average Bonchev–Trinajstić information content (AvgIpc) is 3.35. The molecule has 2 aromatic carbocycles. The number of halogens is 1. The van der Waals surface area contributed by atoms with E-state index >= 15 is 0 Å². The molecular weight excluding hydrogens is 537 g/mol. The maximum atomic E-state index is 13.3. The predicted molar refractivity (Wildman–Crippen MR) is 156 cm³/mol. The number of rotatable bonds is 6. The van der Waals surface area contributed by atoms with E-state index in [4.69, 9.17) is 11.6 Å². The molecule has 4 aromatic rings. The van der Waals surface area contributed by atoms with Crippen molar-refractivity contribution in [3.63, 3.8) is 0 Å². The molecule has 42 heavy (non-hydrogen) atoms. The molecule has 0 spiro atoms. The molecule has 3 amide bonds. The van der Waals surface area contributed by atoms with Crippen LogP contribution < -0.4 is 16.9 Å². The number of nitrogen functional groups attached to an aromatic ring is 1. The first-order valence-corrected chi connectivity index (χ1v) is 13.3. The fraction of sp³-hybridized carbons (Fsp3) is 0.194. The maximum Gasteiger partial charge on any atom is 0.299 e. The van der Waals surface area contributed by atoms with Crippen LogP contribution in [0.4, 0.5) is 10.2 Å². The lowest BCUT2D eigenvalue weighted by Crippen LogP contribution is -2.40. The quantitative estimate of drug-likeness (QED) is 0.239. The Morgan fingerprint density at radius 2 is 1.71 bits per heavy atom. The summed E-state index contributed by atoms with van der Waals surface area (Å²) in [5, 5.41) is 2.76. The van der Waals surface area contributed by atoms with Crippen molar-refractivity contribution < 1.29 is 18.8 Å². The van der Waals surface area contributed by atoms with Gasteiger partial charge in [-0.05, 0) is 79.6 Å². The number of carbonyl (C=O) groups excluding carboxylic acids is 3. The van der Waals surface area contributed by atoms with Gasteiger partial charge in [-0.15, -0.1) is 0 Å². The van der Waals surface area contributed by atoms with Crippen molar-refractivity contribution in [2.45, 2.75) is 32.2 Å². The zero-order valence-electron chi connectivity index (χ0n) is 22.8. The number of carbonyl (C=O) groups is 3. The zero-order chi connectivity index (χ0) is 29.8. The van der Waals surface area contributed by atoms with Gasteiger partial charge in [0, 0.05) is 23.9 Å². The van der Waals surface area contributed by atoms with Crippen LogP contribution in [0.15, 0.2) is 66.9 Å². The number of imidazole rings is 1. The van der Waals surface area contributed by atoms with Crippen LogP contribution in [0.25, 0.3) is 22.4 Å². The van der Waals surface area contributed by atoms with E-state index in [9.17, 15) is 18.8 Å². The zero-order valence-corrected chi connectivity index (χ0v) is 22.8. The lowest BCUT2D eigenvalue weighted by molar-refractivity contribution is -0.129. The highest BCUT2D eigenvalue weighted by Crippen LogP contribution is 2.33. The van der Waals surface area contributed by atoms with Gasteiger partial charge in [0.2, 0.25) is 0 Å². The molecule has 0 bridgehead atoms. The van der Waals surface area contributed by atoms with E-state index in [1.54, 1.807) is 66.6 Å². The van der Waals surface area contributed by atoms with E-state index in [-0.39, 0.29) is 23.1 Å². The highest BCUT2D eigenvalue weighted by atomic mass is 19.1. The van der Waals surface area contributed by atoms with Gasteiger partial charge in [0.25, 0.3) is 17.7 Å². The van der Waals surface area contributed by atoms with Gasteiger partial charge in [-0.1, -0.05) is 30.2 Å². The summed E-state index contributed by atoms with van der Waals surface area (Å²) in [4.78, 5) is 48.6. The van der Waals surface area contributed by atoms with E-state index in [1.807, 2.05) is 0 Å². The number of hydrogen-bond donors (Lipinski definition) is 3. The minimum atomic E-state index is -0.776. The lowest BCUT2D eigenvalue weighted by Gasteiger charge is -2.33. The molecule has 1 fully saturated rings. The first-order valence-electron chi connectivity index (χ1n) is 13.3. The molecular formula is C31H28FN7O3. The highest BCUT2D eigenvalue weighted by molar-refractivity contribution is 6.04. The molecule has 0 aliphatic carbocycles. The van der Waals surface area contributed by atoms with Crippen molar-refractivity contribution >= 4 is 23.5 Å². The van der Waals surface area contributed by atoms with Crippen LogP contribution in [0.1, 0.15) is 58.9 Å². The molecule has 1 atom stereocenters. The number of amides is 3. The number of aromatic nitrogens is 3. The van der Waals surface area contributed by atoms with Gasteiger partial charge in [0.15, 0.2) is 11.5 Å². The number of nitrogens with two attached hydrogens (primary N) is 2. The number of primary amides is 1. The number of piperidine rings is 1. The van der Waals surface area contributed by atoms with Crippen molar-refractivity contribution in [2.75, 3.05) is 17.7 Å². The molecule has 1 unspecified atom stereocenters. The van der Waals surface area contributed by atoms with Gasteiger partial charge < -0.3 is 21.8 Å².